The second-order valence-corrected chi connectivity index (χ2v) is 17.8. The Morgan fingerprint density at radius 2 is 0.736 bits per heavy atom. The van der Waals surface area contributed by atoms with Crippen molar-refractivity contribution in [3.05, 3.63) is 248 Å². The third kappa shape index (κ3) is 7.08. The van der Waals surface area contributed by atoms with E-state index in [0.717, 1.165) is 105 Å². The van der Waals surface area contributed by atoms with E-state index in [9.17, 15) is 10.5 Å². The van der Waals surface area contributed by atoms with Gasteiger partial charge in [0.1, 0.15) is 0 Å². The molecular weight excluding hydrogens is 879 g/mol. The quantitative estimate of drug-likeness (QED) is 0.151. The van der Waals surface area contributed by atoms with Crippen LogP contribution >= 0.6 is 0 Å². The van der Waals surface area contributed by atoms with Crippen LogP contribution in [0.15, 0.2) is 237 Å². The summed E-state index contributed by atoms with van der Waals surface area (Å²) in [5, 5.41) is 25.2. The molecule has 0 aliphatic carbocycles. The fourth-order valence-corrected chi connectivity index (χ4v) is 10.3. The maximum Gasteiger partial charge on any atom is 0.166 e. The highest BCUT2D eigenvalue weighted by Crippen LogP contribution is 2.42. The topological polar surface area (TPSA) is 96.1 Å². The number of para-hydroxylation sites is 2. The predicted octanol–water partition coefficient (Wildman–Crippen LogP) is 15.8. The van der Waals surface area contributed by atoms with Crippen molar-refractivity contribution in [2.45, 2.75) is 0 Å². The van der Waals surface area contributed by atoms with Crippen molar-refractivity contribution < 1.29 is 0 Å². The smallest absolute Gasteiger partial charge is 0.166 e. The van der Waals surface area contributed by atoms with E-state index in [4.69, 9.17) is 15.0 Å². The third-order valence-electron chi connectivity index (χ3n) is 13.7. The van der Waals surface area contributed by atoms with Crippen molar-refractivity contribution in [1.29, 1.82) is 10.5 Å². The highest BCUT2D eigenvalue weighted by molar-refractivity contribution is 6.12. The summed E-state index contributed by atoms with van der Waals surface area (Å²) in [7, 11) is 0. The first kappa shape index (κ1) is 41.9. The lowest BCUT2D eigenvalue weighted by molar-refractivity contribution is 1.06. The van der Waals surface area contributed by atoms with Crippen molar-refractivity contribution >= 4 is 43.6 Å². The SMILES string of the molecule is N#Cc1ccc(-c2nc(-c3ccccc3)nc(-c3ccc(-c4ccccc4C#N)cc3-n3c4ccccc4c4cc(-c5ccccc5)ccc43)n2)c(-n2c3ccccc3c3cc(-c4ccccc4)ccc32)c1. The molecule has 0 saturated heterocycles. The normalized spacial score (nSPS) is 11.3. The Bertz CT molecular complexity index is 4350. The molecule has 3 aromatic heterocycles. The van der Waals surface area contributed by atoms with Crippen molar-refractivity contribution in [1.82, 2.24) is 24.1 Å². The minimum Gasteiger partial charge on any atom is -0.308 e. The van der Waals surface area contributed by atoms with Crippen LogP contribution in [-0.2, 0) is 0 Å². The standard InChI is InChI=1S/C65H39N7/c66-40-42-28-32-53(61(36-42)71-57-26-14-12-24-51(57)55-37-46(30-34-59(55)71)43-16-4-1-5-17-43)64-68-63(45-20-8-3-9-21-45)69-65(70-64)54-33-29-48(50-23-11-10-22-49(50)41-67)39-62(54)72-58-27-15-13-25-52(58)56-38-47(31-35-60(56)72)44-18-6-2-7-19-44/h1-39H. The number of hydrogen-bond donors (Lipinski definition) is 0. The Hall–Kier alpha value is -10.2. The molecule has 0 amide bonds. The van der Waals surface area contributed by atoms with Gasteiger partial charge >= 0.3 is 0 Å². The molecular formula is C65H39N7. The molecule has 334 valence electrons. The van der Waals surface area contributed by atoms with Gasteiger partial charge in [0, 0.05) is 38.2 Å². The Kier molecular flexibility index (Phi) is 10.1. The van der Waals surface area contributed by atoms with Crippen LogP contribution in [0.3, 0.4) is 0 Å². The summed E-state index contributed by atoms with van der Waals surface area (Å²) in [6.07, 6.45) is 0. The van der Waals surface area contributed by atoms with Gasteiger partial charge in [0.25, 0.3) is 0 Å². The van der Waals surface area contributed by atoms with E-state index >= 15 is 0 Å². The van der Waals surface area contributed by atoms with E-state index in [1.807, 2.05) is 84.9 Å². The molecule has 0 N–H and O–H groups in total. The molecule has 10 aromatic carbocycles. The minimum atomic E-state index is 0.449. The van der Waals surface area contributed by atoms with E-state index in [-0.39, 0.29) is 0 Å². The number of nitriles is 2. The summed E-state index contributed by atoms with van der Waals surface area (Å²) in [6.45, 7) is 0. The van der Waals surface area contributed by atoms with E-state index in [0.29, 0.717) is 28.6 Å². The highest BCUT2D eigenvalue weighted by Gasteiger charge is 2.24. The van der Waals surface area contributed by atoms with Crippen LogP contribution in [0.25, 0.3) is 123 Å². The average Bonchev–Trinajstić information content (AvgIpc) is 3.97. The third-order valence-corrected chi connectivity index (χ3v) is 13.7. The van der Waals surface area contributed by atoms with Crippen LogP contribution in [-0.4, -0.2) is 24.1 Å². The molecule has 0 unspecified atom stereocenters. The van der Waals surface area contributed by atoms with Crippen LogP contribution in [0.1, 0.15) is 11.1 Å². The summed E-state index contributed by atoms with van der Waals surface area (Å²) < 4.78 is 4.53. The Morgan fingerprint density at radius 1 is 0.292 bits per heavy atom. The molecule has 0 fully saturated rings. The lowest BCUT2D eigenvalue weighted by atomic mass is 9.97. The first-order valence-electron chi connectivity index (χ1n) is 23.8. The molecule has 72 heavy (non-hydrogen) atoms. The van der Waals surface area contributed by atoms with Crippen molar-refractivity contribution in [3.63, 3.8) is 0 Å². The Labute approximate surface area is 415 Å². The van der Waals surface area contributed by atoms with Gasteiger partial charge in [0.2, 0.25) is 0 Å². The molecule has 0 aliphatic rings. The molecule has 0 aliphatic heterocycles. The zero-order valence-corrected chi connectivity index (χ0v) is 38.6. The fourth-order valence-electron chi connectivity index (χ4n) is 10.3. The number of aromatic nitrogens is 5. The fraction of sp³-hybridized carbons (Fsp3) is 0. The zero-order chi connectivity index (χ0) is 48.1. The molecule has 3 heterocycles. The first-order chi connectivity index (χ1) is 35.6. The first-order valence-corrected chi connectivity index (χ1v) is 23.8. The van der Waals surface area contributed by atoms with Crippen molar-refractivity contribution in [2.24, 2.45) is 0 Å². The minimum absolute atomic E-state index is 0.449. The molecule has 7 nitrogen and oxygen atoms in total. The van der Waals surface area contributed by atoms with Gasteiger partial charge in [-0.15, -0.1) is 0 Å². The molecule has 0 bridgehead atoms. The lowest BCUT2D eigenvalue weighted by Crippen LogP contribution is -2.06. The number of rotatable bonds is 8. The van der Waals surface area contributed by atoms with Crippen LogP contribution in [0, 0.1) is 22.7 Å². The average molecular weight is 918 g/mol. The molecule has 13 rings (SSSR count). The van der Waals surface area contributed by atoms with Gasteiger partial charge in [-0.1, -0.05) is 164 Å². The van der Waals surface area contributed by atoms with Crippen molar-refractivity contribution in [3.8, 4) is 91.1 Å². The largest absolute Gasteiger partial charge is 0.308 e. The van der Waals surface area contributed by atoms with Crippen molar-refractivity contribution in [2.75, 3.05) is 0 Å². The summed E-state index contributed by atoms with van der Waals surface area (Å²) in [6, 6.07) is 85.5. The zero-order valence-electron chi connectivity index (χ0n) is 38.6. The van der Waals surface area contributed by atoms with Gasteiger partial charge in [0.15, 0.2) is 17.5 Å². The summed E-state index contributed by atoms with van der Waals surface area (Å²) >= 11 is 0. The highest BCUT2D eigenvalue weighted by atomic mass is 15.1. The maximum absolute atomic E-state index is 10.5. The summed E-state index contributed by atoms with van der Waals surface area (Å²) in [5.74, 6) is 1.41. The number of fused-ring (bicyclic) bond motifs is 6. The second kappa shape index (κ2) is 17.4. The van der Waals surface area contributed by atoms with E-state index in [2.05, 4.69) is 173 Å². The van der Waals surface area contributed by atoms with Crippen LogP contribution < -0.4 is 0 Å². The van der Waals surface area contributed by atoms with E-state index in [1.54, 1.807) is 0 Å². The van der Waals surface area contributed by atoms with Gasteiger partial charge < -0.3 is 9.13 Å². The van der Waals surface area contributed by atoms with Gasteiger partial charge in [-0.05, 0) is 106 Å². The lowest BCUT2D eigenvalue weighted by Gasteiger charge is -2.18. The van der Waals surface area contributed by atoms with Crippen LogP contribution in [0.5, 0.6) is 0 Å². The molecule has 0 atom stereocenters. The van der Waals surface area contributed by atoms with Gasteiger partial charge in [-0.2, -0.15) is 10.5 Å². The second-order valence-electron chi connectivity index (χ2n) is 17.8. The monoisotopic (exact) mass is 917 g/mol. The van der Waals surface area contributed by atoms with E-state index in [1.165, 1.54) is 0 Å². The van der Waals surface area contributed by atoms with Crippen LogP contribution in [0.2, 0.25) is 0 Å². The van der Waals surface area contributed by atoms with E-state index < -0.39 is 0 Å². The van der Waals surface area contributed by atoms with Crippen LogP contribution in [0.4, 0.5) is 0 Å². The Balaban J connectivity index is 1.08. The number of nitrogens with zero attached hydrogens (tertiary/aromatic N) is 7. The number of benzene rings is 10. The number of hydrogen-bond acceptors (Lipinski definition) is 5. The molecule has 7 heteroatoms. The maximum atomic E-state index is 10.5. The summed E-state index contributed by atoms with van der Waals surface area (Å²) in [4.78, 5) is 16.1. The molecule has 0 radical (unpaired) electrons. The van der Waals surface area contributed by atoms with Gasteiger partial charge in [0.05, 0.1) is 56.7 Å². The Morgan fingerprint density at radius 3 is 1.29 bits per heavy atom. The molecule has 0 saturated carbocycles. The van der Waals surface area contributed by atoms with Gasteiger partial charge in [-0.25, -0.2) is 15.0 Å². The van der Waals surface area contributed by atoms with Gasteiger partial charge in [-0.3, -0.25) is 0 Å². The summed E-state index contributed by atoms with van der Waals surface area (Å²) in [5.41, 5.74) is 15.2. The molecule has 13 aromatic rings. The predicted molar refractivity (Wildman–Crippen MR) is 291 cm³/mol. The molecule has 0 spiro atoms.